The third kappa shape index (κ3) is 64.5. The van der Waals surface area contributed by atoms with E-state index >= 15 is 0 Å². The van der Waals surface area contributed by atoms with E-state index in [2.05, 4.69) is 31.3 Å². The number of nitrogens with one attached hydrogen (secondary N) is 1. The number of phosphoric acid groups is 1. The van der Waals surface area contributed by atoms with Crippen molar-refractivity contribution in [1.82, 2.24) is 5.32 Å². The minimum absolute atomic E-state index is 0.0643. The van der Waals surface area contributed by atoms with Crippen LogP contribution in [0, 0.1) is 0 Å². The van der Waals surface area contributed by atoms with Crippen molar-refractivity contribution in [1.29, 1.82) is 0 Å². The predicted molar refractivity (Wildman–Crippen MR) is 351 cm³/mol. The highest BCUT2D eigenvalue weighted by atomic mass is 31.2. The zero-order valence-electron chi connectivity index (χ0n) is 54.6. The van der Waals surface area contributed by atoms with Gasteiger partial charge in [0, 0.05) is 6.42 Å². The van der Waals surface area contributed by atoms with Crippen LogP contribution in [0.15, 0.2) is 24.3 Å². The molecular weight excluding hydrogens is 1010 g/mol. The first kappa shape index (κ1) is 79.0. The number of unbranched alkanes of at least 4 members (excludes halogenated alkanes) is 52. The number of aliphatic hydroxyl groups excluding tert-OH is 1. The second-order valence-electron chi connectivity index (χ2n) is 26.0. The molecule has 3 N–H and O–H groups in total. The van der Waals surface area contributed by atoms with Gasteiger partial charge in [-0.3, -0.25) is 13.8 Å². The lowest BCUT2D eigenvalue weighted by molar-refractivity contribution is -0.870. The lowest BCUT2D eigenvalue weighted by Gasteiger charge is -2.25. The second kappa shape index (κ2) is 62.5. The van der Waals surface area contributed by atoms with Gasteiger partial charge in [0.25, 0.3) is 0 Å². The fraction of sp³-hybridized carbons (Fsp3) is 0.930. The van der Waals surface area contributed by atoms with E-state index in [9.17, 15) is 19.4 Å². The van der Waals surface area contributed by atoms with Gasteiger partial charge in [-0.1, -0.05) is 346 Å². The van der Waals surface area contributed by atoms with E-state index < -0.39 is 20.0 Å². The molecule has 0 rings (SSSR count). The molecule has 3 unspecified atom stereocenters. The van der Waals surface area contributed by atoms with Crippen LogP contribution < -0.4 is 5.32 Å². The predicted octanol–water partition coefficient (Wildman–Crippen LogP) is 22.7. The molecule has 0 spiro atoms. The minimum Gasteiger partial charge on any atom is -0.387 e. The molecule has 0 aromatic heterocycles. The summed E-state index contributed by atoms with van der Waals surface area (Å²) in [5.74, 6) is -0.168. The summed E-state index contributed by atoms with van der Waals surface area (Å²) in [4.78, 5) is 23.4. The summed E-state index contributed by atoms with van der Waals surface area (Å²) in [6.07, 6.45) is 81.9. The summed E-state index contributed by atoms with van der Waals surface area (Å²) in [5, 5.41) is 14.0. The van der Waals surface area contributed by atoms with Crippen molar-refractivity contribution in [3.63, 3.8) is 0 Å². The van der Waals surface area contributed by atoms with Crippen molar-refractivity contribution < 1.29 is 32.9 Å². The molecule has 1 amide bonds. The number of hydrogen-bond acceptors (Lipinski definition) is 5. The minimum atomic E-state index is -4.35. The summed E-state index contributed by atoms with van der Waals surface area (Å²) in [6, 6.07) is -0.846. The smallest absolute Gasteiger partial charge is 0.387 e. The zero-order chi connectivity index (χ0) is 58.4. The maximum absolute atomic E-state index is 13.1. The number of likely N-dealkylation sites (N-methyl/N-ethyl adjacent to an activating group) is 1. The average Bonchev–Trinajstić information content (AvgIpc) is 3.42. The molecule has 80 heavy (non-hydrogen) atoms. The van der Waals surface area contributed by atoms with Crippen molar-refractivity contribution in [3.05, 3.63) is 24.3 Å². The van der Waals surface area contributed by atoms with Gasteiger partial charge in [-0.15, -0.1) is 0 Å². The van der Waals surface area contributed by atoms with Gasteiger partial charge in [-0.25, -0.2) is 4.57 Å². The van der Waals surface area contributed by atoms with Crippen molar-refractivity contribution in [2.75, 3.05) is 40.9 Å². The van der Waals surface area contributed by atoms with Gasteiger partial charge in [0.1, 0.15) is 13.2 Å². The monoisotopic (exact) mass is 1150 g/mol. The zero-order valence-corrected chi connectivity index (χ0v) is 55.5. The lowest BCUT2D eigenvalue weighted by atomic mass is 10.0. The Labute approximate surface area is 500 Å². The topological polar surface area (TPSA) is 105 Å². The molecule has 0 aliphatic rings. The Hall–Kier alpha value is -1.02. The van der Waals surface area contributed by atoms with Gasteiger partial charge in [-0.05, 0) is 44.9 Å². The van der Waals surface area contributed by atoms with Crippen LogP contribution in [0.4, 0.5) is 0 Å². The molecule has 0 heterocycles. The highest BCUT2D eigenvalue weighted by Gasteiger charge is 2.28. The van der Waals surface area contributed by atoms with Crippen molar-refractivity contribution in [2.45, 2.75) is 386 Å². The first-order valence-corrected chi connectivity index (χ1v) is 37.2. The molecular formula is C71H142N2O6P+. The van der Waals surface area contributed by atoms with Gasteiger partial charge < -0.3 is 19.8 Å². The molecule has 476 valence electrons. The molecule has 0 saturated heterocycles. The van der Waals surface area contributed by atoms with Crippen LogP contribution >= 0.6 is 7.82 Å². The van der Waals surface area contributed by atoms with Crippen LogP contribution in [0.25, 0.3) is 0 Å². The van der Waals surface area contributed by atoms with Crippen molar-refractivity contribution in [2.24, 2.45) is 0 Å². The number of hydrogen-bond donors (Lipinski definition) is 3. The molecule has 0 aromatic carbocycles. The van der Waals surface area contributed by atoms with E-state index in [1.54, 1.807) is 6.08 Å². The molecule has 3 atom stereocenters. The second-order valence-corrected chi connectivity index (χ2v) is 27.4. The average molecular weight is 1150 g/mol. The maximum Gasteiger partial charge on any atom is 0.472 e. The Kier molecular flexibility index (Phi) is 61.7. The molecule has 0 saturated carbocycles. The first-order chi connectivity index (χ1) is 39.0. The van der Waals surface area contributed by atoms with Crippen molar-refractivity contribution >= 4 is 13.7 Å². The molecule has 9 heteroatoms. The Bertz CT molecular complexity index is 1350. The lowest BCUT2D eigenvalue weighted by Crippen LogP contribution is -2.45. The third-order valence-electron chi connectivity index (χ3n) is 16.7. The summed E-state index contributed by atoms with van der Waals surface area (Å²) >= 11 is 0. The maximum atomic E-state index is 13.1. The number of aliphatic hydroxyl groups is 1. The number of rotatable bonds is 67. The standard InChI is InChI=1S/C71H141N2O6P/c1-6-8-10-12-14-16-18-20-22-24-26-28-30-32-34-36-38-40-42-44-46-48-50-52-54-56-58-60-62-64-70(74)69(68-79-80(76,77)78-67-66-73(3,4)5)72-71(75)65-63-61-59-57-55-53-51-49-47-45-43-41-39-37-35-33-31-29-27-25-23-21-19-17-15-13-11-9-7-2/h25,27,62,64,69-70,74H,6-24,26,28-61,63,65-68H2,1-5H3,(H-,72,75,76,77)/p+1/b27-25-,64-62+. The van der Waals surface area contributed by atoms with E-state index in [0.29, 0.717) is 17.4 Å². The van der Waals surface area contributed by atoms with E-state index in [-0.39, 0.29) is 19.1 Å². The summed E-state index contributed by atoms with van der Waals surface area (Å²) in [7, 11) is 1.59. The van der Waals surface area contributed by atoms with Crippen LogP contribution in [0.3, 0.4) is 0 Å². The highest BCUT2D eigenvalue weighted by Crippen LogP contribution is 2.43. The fourth-order valence-electron chi connectivity index (χ4n) is 11.1. The van der Waals surface area contributed by atoms with E-state index in [0.717, 1.165) is 32.1 Å². The van der Waals surface area contributed by atoms with Crippen LogP contribution in [0.1, 0.15) is 373 Å². The number of quaternary nitrogens is 1. The SMILES string of the molecule is CCCCCCCCCC/C=C\CCCCCCCCCCCCCCCCCCCC(=O)NC(COP(=O)(O)OCC[N+](C)(C)C)C(O)/C=C/CCCCCCCCCCCCCCCCCCCCCCCCCCCCC. The molecule has 0 aliphatic carbocycles. The Morgan fingerprint density at radius 2 is 0.675 bits per heavy atom. The van der Waals surface area contributed by atoms with Crippen LogP contribution in [-0.4, -0.2) is 73.4 Å². The van der Waals surface area contributed by atoms with Crippen LogP contribution in [0.2, 0.25) is 0 Å². The first-order valence-electron chi connectivity index (χ1n) is 35.7. The fourth-order valence-corrected chi connectivity index (χ4v) is 11.8. The third-order valence-corrected chi connectivity index (χ3v) is 17.6. The molecule has 0 bridgehead atoms. The summed E-state index contributed by atoms with van der Waals surface area (Å²) in [5.41, 5.74) is 0. The number of carbonyl (C=O) groups excluding carboxylic acids is 1. The number of amides is 1. The summed E-state index contributed by atoms with van der Waals surface area (Å²) in [6.45, 7) is 4.88. The van der Waals surface area contributed by atoms with Gasteiger partial charge in [0.05, 0.1) is 39.9 Å². The van der Waals surface area contributed by atoms with Gasteiger partial charge in [-0.2, -0.15) is 0 Å². The summed E-state index contributed by atoms with van der Waals surface area (Å²) < 4.78 is 23.8. The Morgan fingerprint density at radius 3 is 0.963 bits per heavy atom. The quantitative estimate of drug-likeness (QED) is 0.0243. The van der Waals surface area contributed by atoms with Crippen LogP contribution in [0.5, 0.6) is 0 Å². The highest BCUT2D eigenvalue weighted by molar-refractivity contribution is 7.47. The number of nitrogens with zero attached hydrogens (tertiary/aromatic N) is 1. The van der Waals surface area contributed by atoms with E-state index in [1.165, 1.54) is 321 Å². The Morgan fingerprint density at radius 1 is 0.412 bits per heavy atom. The number of carbonyl (C=O) groups is 1. The molecule has 0 fully saturated rings. The normalized spacial score (nSPS) is 13.7. The van der Waals surface area contributed by atoms with Gasteiger partial charge in [0.15, 0.2) is 0 Å². The van der Waals surface area contributed by atoms with E-state index in [4.69, 9.17) is 9.05 Å². The molecule has 8 nitrogen and oxygen atoms in total. The van der Waals surface area contributed by atoms with Crippen LogP contribution in [-0.2, 0) is 18.4 Å². The Balaban J connectivity index is 4.03. The van der Waals surface area contributed by atoms with E-state index in [1.807, 2.05) is 27.2 Å². The number of allylic oxidation sites excluding steroid dienone is 3. The molecule has 0 radical (unpaired) electrons. The number of phosphoric ester groups is 1. The van der Waals surface area contributed by atoms with Crippen molar-refractivity contribution in [3.8, 4) is 0 Å². The van der Waals surface area contributed by atoms with Gasteiger partial charge >= 0.3 is 7.82 Å². The molecule has 0 aliphatic heterocycles. The van der Waals surface area contributed by atoms with Gasteiger partial charge in [0.2, 0.25) is 5.91 Å². The molecule has 0 aromatic rings. The largest absolute Gasteiger partial charge is 0.472 e.